The van der Waals surface area contributed by atoms with Crippen molar-refractivity contribution in [1.29, 1.82) is 0 Å². The first-order valence-corrected chi connectivity index (χ1v) is 3.61. The van der Waals surface area contributed by atoms with E-state index in [-0.39, 0.29) is 12.4 Å². The minimum atomic E-state index is 0. The quantitative estimate of drug-likeness (QED) is 0.604. The van der Waals surface area contributed by atoms with Crippen molar-refractivity contribution in [3.05, 3.63) is 30.0 Å². The van der Waals surface area contributed by atoms with Crippen molar-refractivity contribution >= 4 is 29.0 Å². The number of aryl methyl sites for hydroxylation is 1. The molecular weight excluding hydrogens is 172 g/mol. The van der Waals surface area contributed by atoms with Gasteiger partial charge in [-0.25, -0.2) is 0 Å². The molecule has 0 amide bonds. The highest BCUT2D eigenvalue weighted by Crippen LogP contribution is 2.20. The smallest absolute Gasteiger partial charge is 0.0476 e. The summed E-state index contributed by atoms with van der Waals surface area (Å²) in [6.45, 7) is 2.03. The van der Waals surface area contributed by atoms with E-state index < -0.39 is 0 Å². The minimum absolute atomic E-state index is 0. The Hall–Kier alpha value is -1.15. The normalized spacial score (nSPS) is 9.75. The van der Waals surface area contributed by atoms with E-state index in [9.17, 15) is 0 Å². The summed E-state index contributed by atoms with van der Waals surface area (Å²) in [5.74, 6) is 0. The molecule has 0 spiro atoms. The number of halogens is 1. The number of rotatable bonds is 0. The fourth-order valence-electron chi connectivity index (χ4n) is 1.32. The van der Waals surface area contributed by atoms with E-state index in [4.69, 9.17) is 5.73 Å². The van der Waals surface area contributed by atoms with Gasteiger partial charge in [0.1, 0.15) is 0 Å². The van der Waals surface area contributed by atoms with Crippen LogP contribution in [0.5, 0.6) is 0 Å². The average Bonchev–Trinajstić information content (AvgIpc) is 2.31. The van der Waals surface area contributed by atoms with Gasteiger partial charge in [-0.3, -0.25) is 0 Å². The summed E-state index contributed by atoms with van der Waals surface area (Å²) in [4.78, 5) is 3.22. The topological polar surface area (TPSA) is 41.8 Å². The summed E-state index contributed by atoms with van der Waals surface area (Å²) in [5, 5.41) is 1.12. The van der Waals surface area contributed by atoms with Crippen LogP contribution in [0.1, 0.15) is 5.69 Å². The molecule has 1 aromatic heterocycles. The third-order valence-electron chi connectivity index (χ3n) is 1.83. The third kappa shape index (κ3) is 1.25. The minimum Gasteiger partial charge on any atom is -0.398 e. The lowest BCUT2D eigenvalue weighted by Gasteiger charge is -1.92. The number of H-pyrrole nitrogens is 1. The molecule has 0 radical (unpaired) electrons. The zero-order valence-corrected chi connectivity index (χ0v) is 7.61. The van der Waals surface area contributed by atoms with Crippen LogP contribution < -0.4 is 5.73 Å². The number of nitrogens with two attached hydrogens (primary N) is 1. The molecule has 3 N–H and O–H groups in total. The van der Waals surface area contributed by atoms with Gasteiger partial charge in [0.2, 0.25) is 0 Å². The molecule has 0 unspecified atom stereocenters. The van der Waals surface area contributed by atoms with Gasteiger partial charge in [-0.05, 0) is 25.1 Å². The van der Waals surface area contributed by atoms with E-state index in [1.54, 1.807) is 0 Å². The van der Waals surface area contributed by atoms with Crippen molar-refractivity contribution < 1.29 is 0 Å². The number of hydrogen-bond donors (Lipinski definition) is 2. The summed E-state index contributed by atoms with van der Waals surface area (Å²) in [7, 11) is 0. The van der Waals surface area contributed by atoms with Crippen molar-refractivity contribution in [2.75, 3.05) is 5.73 Å². The summed E-state index contributed by atoms with van der Waals surface area (Å²) >= 11 is 0. The predicted molar refractivity (Wildman–Crippen MR) is 54.7 cm³/mol. The highest BCUT2D eigenvalue weighted by molar-refractivity contribution is 5.91. The van der Waals surface area contributed by atoms with Crippen LogP contribution in [-0.2, 0) is 0 Å². The SMILES string of the molecule is Cc1cc2c(N)cccc2[nH]1.Cl. The summed E-state index contributed by atoms with van der Waals surface area (Å²) in [6, 6.07) is 7.95. The van der Waals surface area contributed by atoms with E-state index in [0.29, 0.717) is 0 Å². The predicted octanol–water partition coefficient (Wildman–Crippen LogP) is 2.48. The van der Waals surface area contributed by atoms with Gasteiger partial charge in [-0.15, -0.1) is 12.4 Å². The maximum Gasteiger partial charge on any atom is 0.0476 e. The lowest BCUT2D eigenvalue weighted by atomic mass is 10.2. The first-order chi connectivity index (χ1) is 5.27. The Morgan fingerprint density at radius 1 is 1.33 bits per heavy atom. The molecule has 2 aromatic rings. The molecule has 3 heteroatoms. The second-order valence-electron chi connectivity index (χ2n) is 2.76. The van der Waals surface area contributed by atoms with E-state index in [1.807, 2.05) is 25.1 Å². The maximum atomic E-state index is 5.75. The van der Waals surface area contributed by atoms with E-state index in [2.05, 4.69) is 11.1 Å². The van der Waals surface area contributed by atoms with Gasteiger partial charge in [-0.2, -0.15) is 0 Å². The van der Waals surface area contributed by atoms with Gasteiger partial charge < -0.3 is 10.7 Å². The van der Waals surface area contributed by atoms with Crippen LogP contribution in [0.15, 0.2) is 24.3 Å². The molecule has 0 saturated heterocycles. The first kappa shape index (κ1) is 8.94. The number of anilines is 1. The number of aromatic nitrogens is 1. The highest BCUT2D eigenvalue weighted by Gasteiger charge is 1.98. The number of benzene rings is 1. The molecule has 0 aliphatic heterocycles. The Morgan fingerprint density at radius 3 is 2.75 bits per heavy atom. The van der Waals surface area contributed by atoms with Crippen LogP contribution in [0.25, 0.3) is 10.9 Å². The Bertz CT molecular complexity index is 392. The second-order valence-corrected chi connectivity index (χ2v) is 2.76. The molecule has 0 fully saturated rings. The first-order valence-electron chi connectivity index (χ1n) is 3.61. The van der Waals surface area contributed by atoms with Gasteiger partial charge in [0.15, 0.2) is 0 Å². The van der Waals surface area contributed by atoms with Crippen LogP contribution in [0.2, 0.25) is 0 Å². The fraction of sp³-hybridized carbons (Fsp3) is 0.111. The van der Waals surface area contributed by atoms with Crippen LogP contribution in [-0.4, -0.2) is 4.98 Å². The molecular formula is C9H11ClN2. The van der Waals surface area contributed by atoms with Crippen molar-refractivity contribution in [3.8, 4) is 0 Å². The number of hydrogen-bond acceptors (Lipinski definition) is 1. The zero-order chi connectivity index (χ0) is 7.84. The van der Waals surface area contributed by atoms with Crippen LogP contribution in [0, 0.1) is 6.92 Å². The van der Waals surface area contributed by atoms with Crippen LogP contribution in [0.4, 0.5) is 5.69 Å². The van der Waals surface area contributed by atoms with E-state index in [0.717, 1.165) is 22.3 Å². The van der Waals surface area contributed by atoms with Crippen molar-refractivity contribution in [2.45, 2.75) is 6.92 Å². The van der Waals surface area contributed by atoms with Gasteiger partial charge >= 0.3 is 0 Å². The summed E-state index contributed by atoms with van der Waals surface area (Å²) in [6.07, 6.45) is 0. The van der Waals surface area contributed by atoms with Gasteiger partial charge in [0, 0.05) is 22.3 Å². The fourth-order valence-corrected chi connectivity index (χ4v) is 1.32. The average molecular weight is 183 g/mol. The lowest BCUT2D eigenvalue weighted by molar-refractivity contribution is 1.30. The number of nitrogen functional groups attached to an aromatic ring is 1. The largest absolute Gasteiger partial charge is 0.398 e. The molecule has 0 atom stereocenters. The molecule has 2 nitrogen and oxygen atoms in total. The Balaban J connectivity index is 0.000000720. The molecule has 64 valence electrons. The second kappa shape index (κ2) is 3.07. The summed E-state index contributed by atoms with van der Waals surface area (Å²) in [5.41, 5.74) is 8.85. The molecule has 1 heterocycles. The maximum absolute atomic E-state index is 5.75. The van der Waals surface area contributed by atoms with Gasteiger partial charge in [0.25, 0.3) is 0 Å². The Labute approximate surface area is 77.2 Å². The lowest BCUT2D eigenvalue weighted by Crippen LogP contribution is -1.82. The standard InChI is InChI=1S/C9H10N2.ClH/c1-6-5-7-8(10)3-2-4-9(7)11-6;/h2-5,11H,10H2,1H3;1H. The van der Waals surface area contributed by atoms with Gasteiger partial charge in [-0.1, -0.05) is 6.07 Å². The molecule has 2 rings (SSSR count). The molecule has 0 aliphatic carbocycles. The highest BCUT2D eigenvalue weighted by atomic mass is 35.5. The van der Waals surface area contributed by atoms with Crippen LogP contribution in [0.3, 0.4) is 0 Å². The monoisotopic (exact) mass is 182 g/mol. The number of fused-ring (bicyclic) bond motifs is 1. The van der Waals surface area contributed by atoms with Crippen molar-refractivity contribution in [2.24, 2.45) is 0 Å². The van der Waals surface area contributed by atoms with Gasteiger partial charge in [0.05, 0.1) is 0 Å². The summed E-state index contributed by atoms with van der Waals surface area (Å²) < 4.78 is 0. The Kier molecular flexibility index (Phi) is 2.29. The zero-order valence-electron chi connectivity index (χ0n) is 6.79. The van der Waals surface area contributed by atoms with Crippen molar-refractivity contribution in [1.82, 2.24) is 4.98 Å². The molecule has 12 heavy (non-hydrogen) atoms. The van der Waals surface area contributed by atoms with E-state index >= 15 is 0 Å². The molecule has 1 aromatic carbocycles. The molecule has 0 saturated carbocycles. The van der Waals surface area contributed by atoms with Crippen LogP contribution >= 0.6 is 12.4 Å². The number of nitrogens with one attached hydrogen (secondary N) is 1. The molecule has 0 bridgehead atoms. The molecule has 0 aliphatic rings. The Morgan fingerprint density at radius 2 is 2.08 bits per heavy atom. The third-order valence-corrected chi connectivity index (χ3v) is 1.83. The van der Waals surface area contributed by atoms with Crippen molar-refractivity contribution in [3.63, 3.8) is 0 Å². The van der Waals surface area contributed by atoms with E-state index in [1.165, 1.54) is 0 Å². The number of aromatic amines is 1.